The number of allylic oxidation sites excluding steroid dienone is 7. The summed E-state index contributed by atoms with van der Waals surface area (Å²) in [5.74, 6) is 0.302. The molecule has 31 heavy (non-hydrogen) atoms. The molecule has 1 fully saturated rings. The van der Waals surface area contributed by atoms with E-state index in [4.69, 9.17) is 5.11 Å². The van der Waals surface area contributed by atoms with Crippen LogP contribution in [0.15, 0.2) is 46.6 Å². The number of aliphatic hydroxyl groups excluding tert-OH is 1. The quantitative estimate of drug-likeness (QED) is 0.384. The first-order chi connectivity index (χ1) is 14.8. The van der Waals surface area contributed by atoms with E-state index in [-0.39, 0.29) is 6.61 Å². The van der Waals surface area contributed by atoms with E-state index in [0.29, 0.717) is 12.3 Å². The first-order valence-electron chi connectivity index (χ1n) is 12.0. The third-order valence-electron chi connectivity index (χ3n) is 6.05. The number of aliphatic hydroxyl groups is 1. The van der Waals surface area contributed by atoms with Crippen LogP contribution < -0.4 is 0 Å². The van der Waals surface area contributed by atoms with Gasteiger partial charge in [0.15, 0.2) is 0 Å². The van der Waals surface area contributed by atoms with Gasteiger partial charge in [0.25, 0.3) is 0 Å². The van der Waals surface area contributed by atoms with E-state index < -0.39 is 0 Å². The lowest BCUT2D eigenvalue weighted by Gasteiger charge is -2.32. The van der Waals surface area contributed by atoms with Crippen LogP contribution >= 0.6 is 0 Å². The van der Waals surface area contributed by atoms with Gasteiger partial charge in [-0.1, -0.05) is 46.6 Å². The Kier molecular flexibility index (Phi) is 14.2. The lowest BCUT2D eigenvalue weighted by Crippen LogP contribution is -2.47. The third kappa shape index (κ3) is 13.4. The molecule has 0 aliphatic carbocycles. The summed E-state index contributed by atoms with van der Waals surface area (Å²) in [6.07, 6.45) is 17.0. The number of hydrogen-bond donors (Lipinski definition) is 1. The van der Waals surface area contributed by atoms with Crippen molar-refractivity contribution < 1.29 is 9.90 Å². The van der Waals surface area contributed by atoms with E-state index in [1.807, 2.05) is 11.8 Å². The monoisotopic (exact) mass is 430 g/mol. The van der Waals surface area contributed by atoms with Crippen LogP contribution in [0.1, 0.15) is 79.1 Å². The van der Waals surface area contributed by atoms with Gasteiger partial charge in [0.1, 0.15) is 0 Å². The van der Waals surface area contributed by atoms with E-state index in [0.717, 1.165) is 76.7 Å². The van der Waals surface area contributed by atoms with E-state index in [2.05, 4.69) is 57.0 Å². The van der Waals surface area contributed by atoms with Crippen molar-refractivity contribution in [3.05, 3.63) is 46.6 Å². The fourth-order valence-electron chi connectivity index (χ4n) is 3.67. The summed E-state index contributed by atoms with van der Waals surface area (Å²) < 4.78 is 0. The van der Waals surface area contributed by atoms with Crippen LogP contribution in [0.3, 0.4) is 0 Å². The van der Waals surface area contributed by atoms with Gasteiger partial charge in [-0.2, -0.15) is 0 Å². The summed E-state index contributed by atoms with van der Waals surface area (Å²) in [7, 11) is 2.11. The zero-order chi connectivity index (χ0) is 23.1. The molecule has 4 heteroatoms. The predicted molar refractivity (Wildman–Crippen MR) is 133 cm³/mol. The Morgan fingerprint density at radius 1 is 0.677 bits per heavy atom. The van der Waals surface area contributed by atoms with Crippen molar-refractivity contribution in [2.45, 2.75) is 79.1 Å². The molecule has 0 aromatic heterocycles. The largest absolute Gasteiger partial charge is 0.392 e. The Bertz CT molecular complexity index is 650. The standard InChI is InChI=1S/C27H46N2O2/c1-23(10-6-12-24(2)14-8-16-26(4)22-30)11-7-13-25(3)15-9-17-27(31)29-20-18-28(5)19-21-29/h11-12,15-16,30H,6-10,13-14,17-22H2,1-5H3/b23-11+,24-12+,25-15+,26-16+. The summed E-state index contributed by atoms with van der Waals surface area (Å²) in [4.78, 5) is 16.6. The van der Waals surface area contributed by atoms with Gasteiger partial charge in [0.05, 0.1) is 6.61 Å². The Labute approximate surface area is 191 Å². The van der Waals surface area contributed by atoms with Crippen molar-refractivity contribution in [2.24, 2.45) is 0 Å². The van der Waals surface area contributed by atoms with E-state index >= 15 is 0 Å². The molecule has 0 spiro atoms. The van der Waals surface area contributed by atoms with Crippen LogP contribution in [-0.2, 0) is 4.79 Å². The van der Waals surface area contributed by atoms with Gasteiger partial charge in [-0.15, -0.1) is 0 Å². The molecule has 176 valence electrons. The molecule has 1 saturated heterocycles. The molecule has 0 unspecified atom stereocenters. The molecular weight excluding hydrogens is 384 g/mol. The minimum atomic E-state index is 0.163. The molecule has 1 aliphatic rings. The van der Waals surface area contributed by atoms with Gasteiger partial charge in [0, 0.05) is 32.6 Å². The molecule has 0 atom stereocenters. The number of piperazine rings is 1. The summed E-state index contributed by atoms with van der Waals surface area (Å²) in [6, 6.07) is 0. The molecule has 0 aromatic carbocycles. The van der Waals surface area contributed by atoms with Crippen LogP contribution in [0.5, 0.6) is 0 Å². The van der Waals surface area contributed by atoms with Crippen LogP contribution in [-0.4, -0.2) is 60.6 Å². The number of carbonyl (C=O) groups excluding carboxylic acids is 1. The second-order valence-electron chi connectivity index (χ2n) is 9.20. The van der Waals surface area contributed by atoms with Crippen LogP contribution in [0, 0.1) is 0 Å². The topological polar surface area (TPSA) is 43.8 Å². The molecule has 1 aliphatic heterocycles. The number of nitrogens with zero attached hydrogens (tertiary/aromatic N) is 2. The fourth-order valence-corrected chi connectivity index (χ4v) is 3.67. The lowest BCUT2D eigenvalue weighted by molar-refractivity contribution is -0.132. The predicted octanol–water partition coefficient (Wildman–Crippen LogP) is 5.66. The maximum absolute atomic E-state index is 12.3. The van der Waals surface area contributed by atoms with E-state index in [1.165, 1.54) is 16.7 Å². The van der Waals surface area contributed by atoms with Crippen LogP contribution in [0.25, 0.3) is 0 Å². The van der Waals surface area contributed by atoms with Gasteiger partial charge in [-0.05, 0) is 79.7 Å². The Hall–Kier alpha value is -1.65. The average Bonchev–Trinajstić information content (AvgIpc) is 2.74. The lowest BCUT2D eigenvalue weighted by atomic mass is 10.0. The molecule has 0 saturated carbocycles. The second kappa shape index (κ2) is 16.0. The molecule has 1 amide bonds. The Balaban J connectivity index is 2.20. The number of amides is 1. The molecule has 0 radical (unpaired) electrons. The zero-order valence-corrected chi connectivity index (χ0v) is 20.8. The van der Waals surface area contributed by atoms with Crippen molar-refractivity contribution in [2.75, 3.05) is 39.8 Å². The number of hydrogen-bond acceptors (Lipinski definition) is 3. The van der Waals surface area contributed by atoms with Gasteiger partial charge in [-0.3, -0.25) is 4.79 Å². The molecule has 1 heterocycles. The van der Waals surface area contributed by atoms with Crippen molar-refractivity contribution >= 4 is 5.91 Å². The summed E-state index contributed by atoms with van der Waals surface area (Å²) >= 11 is 0. The first-order valence-corrected chi connectivity index (χ1v) is 12.0. The van der Waals surface area contributed by atoms with Crippen molar-refractivity contribution in [1.29, 1.82) is 0 Å². The molecular formula is C27H46N2O2. The minimum absolute atomic E-state index is 0.163. The highest BCUT2D eigenvalue weighted by Crippen LogP contribution is 2.14. The number of carbonyl (C=O) groups is 1. The maximum atomic E-state index is 12.3. The summed E-state index contributed by atoms with van der Waals surface area (Å²) in [5, 5.41) is 9.02. The van der Waals surface area contributed by atoms with Crippen LogP contribution in [0.4, 0.5) is 0 Å². The van der Waals surface area contributed by atoms with Gasteiger partial charge < -0.3 is 14.9 Å². The van der Waals surface area contributed by atoms with Crippen LogP contribution in [0.2, 0.25) is 0 Å². The molecule has 1 N–H and O–H groups in total. The van der Waals surface area contributed by atoms with E-state index in [9.17, 15) is 4.79 Å². The third-order valence-corrected chi connectivity index (χ3v) is 6.05. The smallest absolute Gasteiger partial charge is 0.222 e. The van der Waals surface area contributed by atoms with Gasteiger partial charge in [-0.25, -0.2) is 0 Å². The van der Waals surface area contributed by atoms with Crippen molar-refractivity contribution in [3.8, 4) is 0 Å². The summed E-state index contributed by atoms with van der Waals surface area (Å²) in [6.45, 7) is 12.5. The Morgan fingerprint density at radius 3 is 1.48 bits per heavy atom. The zero-order valence-electron chi connectivity index (χ0n) is 20.8. The summed E-state index contributed by atoms with van der Waals surface area (Å²) in [5.41, 5.74) is 5.33. The van der Waals surface area contributed by atoms with E-state index in [1.54, 1.807) is 0 Å². The second-order valence-corrected chi connectivity index (χ2v) is 9.20. The SMILES string of the molecule is C/C(=C\CC/C(C)=C/CC/C(C)=C/CC/C(C)=C/CCC(=O)N1CCN(C)CC1)CO. The highest BCUT2D eigenvalue weighted by molar-refractivity contribution is 5.76. The Morgan fingerprint density at radius 2 is 1.06 bits per heavy atom. The maximum Gasteiger partial charge on any atom is 0.222 e. The van der Waals surface area contributed by atoms with Crippen molar-refractivity contribution in [3.63, 3.8) is 0 Å². The number of likely N-dealkylation sites (N-methyl/N-ethyl adjacent to an activating group) is 1. The number of rotatable bonds is 13. The fraction of sp³-hybridized carbons (Fsp3) is 0.667. The molecule has 0 bridgehead atoms. The highest BCUT2D eigenvalue weighted by Gasteiger charge is 2.17. The average molecular weight is 431 g/mol. The normalized spacial score (nSPS) is 17.4. The van der Waals surface area contributed by atoms with Gasteiger partial charge >= 0.3 is 0 Å². The first kappa shape index (κ1) is 27.4. The molecule has 1 rings (SSSR count). The highest BCUT2D eigenvalue weighted by atomic mass is 16.3. The minimum Gasteiger partial charge on any atom is -0.392 e. The van der Waals surface area contributed by atoms with Crippen molar-refractivity contribution in [1.82, 2.24) is 9.80 Å². The molecule has 0 aromatic rings. The molecule has 4 nitrogen and oxygen atoms in total. The van der Waals surface area contributed by atoms with Gasteiger partial charge in [0.2, 0.25) is 5.91 Å².